The fraction of sp³-hybridized carbons (Fsp3) is 0.594. The van der Waals surface area contributed by atoms with Crippen LogP contribution >= 0.6 is 0 Å². The number of rotatable bonds is 15. The zero-order chi connectivity index (χ0) is 35.5. The van der Waals surface area contributed by atoms with Crippen molar-refractivity contribution in [2.75, 3.05) is 55.5 Å². The summed E-state index contributed by atoms with van der Waals surface area (Å²) in [5, 5.41) is 3.26. The second-order valence-corrected chi connectivity index (χ2v) is 11.1. The van der Waals surface area contributed by atoms with Crippen LogP contribution in [-0.2, 0) is 25.5 Å². The van der Waals surface area contributed by atoms with Gasteiger partial charge in [-0.25, -0.2) is 9.78 Å². The smallest absolute Gasteiger partial charge is 0.386 e. The van der Waals surface area contributed by atoms with E-state index in [0.29, 0.717) is 30.4 Å². The quantitative estimate of drug-likeness (QED) is 0.189. The van der Waals surface area contributed by atoms with E-state index in [1.165, 1.54) is 4.90 Å². The molecular weight excluding hydrogens is 605 g/mol. The van der Waals surface area contributed by atoms with Gasteiger partial charge in [0.05, 0.1) is 13.3 Å². The summed E-state index contributed by atoms with van der Waals surface area (Å²) in [4.78, 5) is 49.0. The van der Waals surface area contributed by atoms with Crippen LogP contribution in [0.3, 0.4) is 0 Å². The first-order valence-corrected chi connectivity index (χ1v) is 15.1. The number of halogens is 3. The number of hydrogen-bond acceptors (Lipinski definition) is 9. The molecule has 0 saturated heterocycles. The molecule has 46 heavy (non-hydrogen) atoms. The van der Waals surface area contributed by atoms with Crippen LogP contribution in [0.5, 0.6) is 5.75 Å². The Morgan fingerprint density at radius 3 is 1.93 bits per heavy atom. The minimum Gasteiger partial charge on any atom is -0.497 e. The van der Waals surface area contributed by atoms with Crippen molar-refractivity contribution in [3.63, 3.8) is 0 Å². The molecule has 0 bridgehead atoms. The van der Waals surface area contributed by atoms with Gasteiger partial charge in [-0.05, 0) is 65.7 Å². The van der Waals surface area contributed by atoms with Gasteiger partial charge in [0.1, 0.15) is 23.1 Å². The van der Waals surface area contributed by atoms with Gasteiger partial charge in [-0.3, -0.25) is 9.59 Å². The number of benzene rings is 1. The molecule has 0 aliphatic rings. The summed E-state index contributed by atoms with van der Waals surface area (Å²) in [6, 6.07) is 6.77. The molecular formula is C32H51F3N6O5. The van der Waals surface area contributed by atoms with Gasteiger partial charge in [0.2, 0.25) is 18.8 Å². The zero-order valence-corrected chi connectivity index (χ0v) is 28.8. The first kappa shape index (κ1) is 41.9. The van der Waals surface area contributed by atoms with E-state index in [4.69, 9.17) is 14.5 Å². The van der Waals surface area contributed by atoms with Gasteiger partial charge in [-0.15, -0.1) is 0 Å². The summed E-state index contributed by atoms with van der Waals surface area (Å²) in [6.07, 6.45) is 0.572. The molecule has 260 valence electrons. The van der Waals surface area contributed by atoms with Gasteiger partial charge in [0, 0.05) is 46.6 Å². The lowest BCUT2D eigenvalue weighted by Gasteiger charge is -2.27. The van der Waals surface area contributed by atoms with E-state index < -0.39 is 23.8 Å². The van der Waals surface area contributed by atoms with Crippen molar-refractivity contribution in [3.8, 4) is 5.75 Å². The van der Waals surface area contributed by atoms with E-state index in [-0.39, 0.29) is 6.92 Å². The van der Waals surface area contributed by atoms with E-state index in [0.717, 1.165) is 50.2 Å². The van der Waals surface area contributed by atoms with Crippen molar-refractivity contribution in [2.24, 2.45) is 0 Å². The monoisotopic (exact) mass is 656 g/mol. The van der Waals surface area contributed by atoms with E-state index in [1.807, 2.05) is 77.6 Å². The molecule has 2 amide bonds. The summed E-state index contributed by atoms with van der Waals surface area (Å²) < 4.78 is 42.0. The molecule has 1 aromatic heterocycles. The molecule has 1 aromatic carbocycles. The number of carbonyl (C=O) groups excluding carboxylic acids is 3. The van der Waals surface area contributed by atoms with E-state index >= 15 is 0 Å². The highest BCUT2D eigenvalue weighted by Crippen LogP contribution is 2.27. The largest absolute Gasteiger partial charge is 0.497 e. The van der Waals surface area contributed by atoms with Crippen LogP contribution < -0.4 is 19.9 Å². The molecule has 0 aliphatic carbocycles. The Bertz CT molecular complexity index is 1170. The number of hydrogen-bond donors (Lipinski definition) is 1. The molecule has 1 atom stereocenters. The summed E-state index contributed by atoms with van der Waals surface area (Å²) in [7, 11) is 3.38. The molecule has 14 heteroatoms. The van der Waals surface area contributed by atoms with Crippen LogP contribution in [0.15, 0.2) is 30.5 Å². The zero-order valence-electron chi connectivity index (χ0n) is 28.8. The lowest BCUT2D eigenvalue weighted by molar-refractivity contribution is -0.155. The van der Waals surface area contributed by atoms with Crippen molar-refractivity contribution >= 4 is 36.2 Å². The van der Waals surface area contributed by atoms with Crippen molar-refractivity contribution in [1.29, 1.82) is 0 Å². The number of ether oxygens (including phenoxy) is 2. The van der Waals surface area contributed by atoms with Gasteiger partial charge in [0.15, 0.2) is 5.82 Å². The molecule has 1 N–H and O–H groups in total. The number of methoxy groups -OCH3 is 1. The molecule has 1 unspecified atom stereocenters. The fourth-order valence-corrected chi connectivity index (χ4v) is 3.78. The number of nitrogens with zero attached hydrogens (tertiary/aromatic N) is 5. The normalized spacial score (nSPS) is 11.4. The van der Waals surface area contributed by atoms with Crippen LogP contribution in [-0.4, -0.2) is 91.8 Å². The van der Waals surface area contributed by atoms with Gasteiger partial charge >= 0.3 is 12.1 Å². The first-order valence-electron chi connectivity index (χ1n) is 15.1. The molecule has 0 fully saturated rings. The third-order valence-electron chi connectivity index (χ3n) is 5.94. The lowest BCUT2D eigenvalue weighted by Crippen LogP contribution is -2.39. The second kappa shape index (κ2) is 20.8. The van der Waals surface area contributed by atoms with Crippen LogP contribution in [0.1, 0.15) is 67.4 Å². The average Bonchev–Trinajstić information content (AvgIpc) is 2.98. The summed E-state index contributed by atoms with van der Waals surface area (Å²) in [5.74, 6) is 1.24. The predicted octanol–water partition coefficient (Wildman–Crippen LogP) is 5.73. The first-order chi connectivity index (χ1) is 21.5. The van der Waals surface area contributed by atoms with Gasteiger partial charge < -0.3 is 29.5 Å². The minimum absolute atomic E-state index is 0.188. The second-order valence-electron chi connectivity index (χ2n) is 11.1. The number of nitrogens with one attached hydrogen (secondary N) is 1. The SMILES string of the molecule is CC(F)(F)F.CCCN(C)C=O.CCN(C=O)c1cnc(N(CC)CC)nc1NC(Cc1ccc(OC)cc1)C(=O)OC(C)(C)C. The standard InChI is InChI=1S/C25H37N5O4.C5H11NO.C2H3F3/c1-8-29(9-2)24-26-16-21(30(10-3)17-31)22(28-24)27-20(23(32)34-25(4,5)6)15-18-11-13-19(33-7)14-12-18;1-3-4-6(2)5-7;1-2(3,4)5/h11-14,16-17,20H,8-10,15H2,1-7H3,(H,26,27,28);5H,3-4H2,1-2H3;1H3. The fourth-order valence-electron chi connectivity index (χ4n) is 3.78. The molecule has 2 rings (SSSR count). The highest BCUT2D eigenvalue weighted by atomic mass is 19.4. The van der Waals surface area contributed by atoms with Crippen LogP contribution in [0, 0.1) is 0 Å². The molecule has 0 spiro atoms. The highest BCUT2D eigenvalue weighted by molar-refractivity contribution is 5.85. The number of carbonyl (C=O) groups is 3. The van der Waals surface area contributed by atoms with E-state index in [1.54, 1.807) is 25.3 Å². The Kier molecular flexibility index (Phi) is 19.0. The van der Waals surface area contributed by atoms with Crippen molar-refractivity contribution in [1.82, 2.24) is 14.9 Å². The average molecular weight is 657 g/mol. The van der Waals surface area contributed by atoms with Gasteiger partial charge in [-0.2, -0.15) is 18.2 Å². The molecule has 1 heterocycles. The number of aromatic nitrogens is 2. The number of alkyl halides is 3. The Morgan fingerprint density at radius 2 is 1.54 bits per heavy atom. The van der Waals surface area contributed by atoms with Crippen molar-refractivity contribution in [3.05, 3.63) is 36.0 Å². The number of anilines is 3. The van der Waals surface area contributed by atoms with Crippen molar-refractivity contribution < 1.29 is 37.0 Å². The lowest BCUT2D eigenvalue weighted by atomic mass is 10.0. The molecule has 2 aromatic rings. The Hall–Kier alpha value is -4.10. The summed E-state index contributed by atoms with van der Waals surface area (Å²) in [5.41, 5.74) is 0.763. The maximum Gasteiger partial charge on any atom is 0.386 e. The predicted molar refractivity (Wildman–Crippen MR) is 175 cm³/mol. The Labute approximate surface area is 271 Å². The van der Waals surface area contributed by atoms with Crippen molar-refractivity contribution in [2.45, 2.75) is 86.1 Å². The number of esters is 1. The molecule has 11 nitrogen and oxygen atoms in total. The Morgan fingerprint density at radius 1 is 0.978 bits per heavy atom. The molecule has 0 aliphatic heterocycles. The van der Waals surface area contributed by atoms with Crippen LogP contribution in [0.25, 0.3) is 0 Å². The topological polar surface area (TPSA) is 117 Å². The van der Waals surface area contributed by atoms with Crippen LogP contribution in [0.2, 0.25) is 0 Å². The minimum atomic E-state index is -4.00. The maximum absolute atomic E-state index is 13.2. The van der Waals surface area contributed by atoms with Gasteiger partial charge in [0.25, 0.3) is 0 Å². The number of amides is 2. The Balaban J connectivity index is 0.00000143. The third kappa shape index (κ3) is 17.4. The third-order valence-corrected chi connectivity index (χ3v) is 5.94. The molecule has 0 radical (unpaired) electrons. The van der Waals surface area contributed by atoms with Crippen LogP contribution in [0.4, 0.5) is 30.6 Å². The maximum atomic E-state index is 13.2. The van der Waals surface area contributed by atoms with E-state index in [2.05, 4.69) is 10.3 Å². The molecule has 0 saturated carbocycles. The summed E-state index contributed by atoms with van der Waals surface area (Å²) >= 11 is 0. The highest BCUT2D eigenvalue weighted by Gasteiger charge is 2.28. The van der Waals surface area contributed by atoms with E-state index in [9.17, 15) is 27.6 Å². The van der Waals surface area contributed by atoms with Gasteiger partial charge in [-0.1, -0.05) is 19.1 Å². The summed E-state index contributed by atoms with van der Waals surface area (Å²) in [6.45, 7) is 16.4.